The van der Waals surface area contributed by atoms with Crippen molar-refractivity contribution < 1.29 is 18.3 Å². The molecule has 6 heteroatoms. The molecular weight excluding hydrogens is 248 g/mol. The number of hydrogen-bond donors (Lipinski definition) is 1. The van der Waals surface area contributed by atoms with Crippen LogP contribution >= 0.6 is 11.3 Å². The normalized spacial score (nSPS) is 22.7. The summed E-state index contributed by atoms with van der Waals surface area (Å²) in [6, 6.07) is 2.02. The highest BCUT2D eigenvalue weighted by Crippen LogP contribution is 2.30. The standard InChI is InChI=1S/C11H13F2NO2S/c12-11(13)5-9(16-10(11)15)6-14-3-1-8-2-4-17-7-8/h2,4,7,9,14H,1,3,5-6H2. The number of ether oxygens (including phenoxy) is 1. The second-order valence-electron chi connectivity index (χ2n) is 4.02. The van der Waals surface area contributed by atoms with Crippen molar-refractivity contribution in [3.63, 3.8) is 0 Å². The lowest BCUT2D eigenvalue weighted by atomic mass is 10.2. The van der Waals surface area contributed by atoms with Crippen molar-refractivity contribution in [1.82, 2.24) is 5.32 Å². The van der Waals surface area contributed by atoms with Gasteiger partial charge in [-0.3, -0.25) is 0 Å². The Bertz CT molecular complexity index is 381. The van der Waals surface area contributed by atoms with Crippen molar-refractivity contribution in [1.29, 1.82) is 0 Å². The molecule has 0 aliphatic carbocycles. The summed E-state index contributed by atoms with van der Waals surface area (Å²) in [5, 5.41) is 7.06. The van der Waals surface area contributed by atoms with Gasteiger partial charge in [0, 0.05) is 6.54 Å². The molecule has 1 unspecified atom stereocenters. The lowest BCUT2D eigenvalue weighted by Gasteiger charge is -2.09. The van der Waals surface area contributed by atoms with Gasteiger partial charge in [-0.1, -0.05) is 0 Å². The molecular formula is C11H13F2NO2S. The van der Waals surface area contributed by atoms with E-state index in [1.54, 1.807) is 11.3 Å². The van der Waals surface area contributed by atoms with Crippen LogP contribution in [0.4, 0.5) is 8.78 Å². The average Bonchev–Trinajstić information content (AvgIpc) is 2.83. The quantitative estimate of drug-likeness (QED) is 0.649. The van der Waals surface area contributed by atoms with Gasteiger partial charge >= 0.3 is 11.9 Å². The zero-order valence-corrected chi connectivity index (χ0v) is 9.93. The van der Waals surface area contributed by atoms with Gasteiger partial charge in [0.1, 0.15) is 6.10 Å². The van der Waals surface area contributed by atoms with E-state index in [0.29, 0.717) is 6.54 Å². The Morgan fingerprint density at radius 3 is 3.00 bits per heavy atom. The van der Waals surface area contributed by atoms with E-state index in [1.165, 1.54) is 5.56 Å². The van der Waals surface area contributed by atoms with Crippen LogP contribution in [0, 0.1) is 0 Å². The zero-order chi connectivity index (χ0) is 12.3. The summed E-state index contributed by atoms with van der Waals surface area (Å²) in [6.07, 6.45) is -0.377. The van der Waals surface area contributed by atoms with Gasteiger partial charge in [-0.2, -0.15) is 20.1 Å². The van der Waals surface area contributed by atoms with Crippen LogP contribution < -0.4 is 5.32 Å². The molecule has 1 atom stereocenters. The van der Waals surface area contributed by atoms with Gasteiger partial charge in [0.2, 0.25) is 0 Å². The third kappa shape index (κ3) is 3.23. The van der Waals surface area contributed by atoms with Gasteiger partial charge in [-0.05, 0) is 35.4 Å². The molecule has 0 radical (unpaired) electrons. The van der Waals surface area contributed by atoms with Gasteiger partial charge in [-0.25, -0.2) is 4.79 Å². The summed E-state index contributed by atoms with van der Waals surface area (Å²) >= 11 is 1.63. The van der Waals surface area contributed by atoms with E-state index in [0.717, 1.165) is 6.42 Å². The second-order valence-corrected chi connectivity index (χ2v) is 4.80. The van der Waals surface area contributed by atoms with E-state index < -0.39 is 24.4 Å². The first-order chi connectivity index (χ1) is 8.08. The molecule has 94 valence electrons. The number of thiophene rings is 1. The Morgan fingerprint density at radius 1 is 1.59 bits per heavy atom. The van der Waals surface area contributed by atoms with Crippen molar-refractivity contribution >= 4 is 17.3 Å². The zero-order valence-electron chi connectivity index (χ0n) is 9.12. The summed E-state index contributed by atoms with van der Waals surface area (Å²) in [5.74, 6) is -4.71. The van der Waals surface area contributed by atoms with Crippen LogP contribution in [-0.4, -0.2) is 31.1 Å². The number of carbonyl (C=O) groups is 1. The van der Waals surface area contributed by atoms with Gasteiger partial charge in [0.15, 0.2) is 0 Å². The molecule has 2 rings (SSSR count). The topological polar surface area (TPSA) is 38.3 Å². The second kappa shape index (κ2) is 5.10. The molecule has 17 heavy (non-hydrogen) atoms. The fraction of sp³-hybridized carbons (Fsp3) is 0.545. The molecule has 0 bridgehead atoms. The van der Waals surface area contributed by atoms with E-state index in [2.05, 4.69) is 10.1 Å². The SMILES string of the molecule is O=C1OC(CNCCc2ccsc2)CC1(F)F. The van der Waals surface area contributed by atoms with Gasteiger partial charge in [0.05, 0.1) is 6.42 Å². The highest BCUT2D eigenvalue weighted by atomic mass is 32.1. The lowest BCUT2D eigenvalue weighted by Crippen LogP contribution is -2.28. The summed E-state index contributed by atoms with van der Waals surface area (Å²) in [4.78, 5) is 10.7. The molecule has 1 aliphatic rings. The molecule has 0 amide bonds. The number of alkyl halides is 2. The maximum Gasteiger partial charge on any atom is 0.377 e. The Hall–Kier alpha value is -1.01. The van der Waals surface area contributed by atoms with Crippen molar-refractivity contribution in [2.24, 2.45) is 0 Å². The molecule has 1 aliphatic heterocycles. The van der Waals surface area contributed by atoms with E-state index in [-0.39, 0.29) is 6.54 Å². The summed E-state index contributed by atoms with van der Waals surface area (Å²) in [6.45, 7) is 0.974. The Labute approximate surface area is 102 Å². The van der Waals surface area contributed by atoms with E-state index >= 15 is 0 Å². The molecule has 0 saturated carbocycles. The highest BCUT2D eigenvalue weighted by Gasteiger charge is 2.50. The maximum atomic E-state index is 12.8. The predicted molar refractivity (Wildman–Crippen MR) is 60.3 cm³/mol. The van der Waals surface area contributed by atoms with Crippen LogP contribution in [0.3, 0.4) is 0 Å². The maximum absolute atomic E-state index is 12.8. The van der Waals surface area contributed by atoms with Crippen molar-refractivity contribution in [3.8, 4) is 0 Å². The van der Waals surface area contributed by atoms with Crippen LogP contribution in [0.5, 0.6) is 0 Å². The summed E-state index contributed by atoms with van der Waals surface area (Å²) < 4.78 is 30.2. The number of nitrogens with one attached hydrogen (secondary N) is 1. The smallest absolute Gasteiger partial charge is 0.377 e. The minimum Gasteiger partial charge on any atom is -0.456 e. The van der Waals surface area contributed by atoms with Gasteiger partial charge in [0.25, 0.3) is 0 Å². The number of carbonyl (C=O) groups excluding carboxylic acids is 1. The van der Waals surface area contributed by atoms with Crippen molar-refractivity contribution in [2.45, 2.75) is 24.9 Å². The van der Waals surface area contributed by atoms with Crippen molar-refractivity contribution in [3.05, 3.63) is 22.4 Å². The van der Waals surface area contributed by atoms with Gasteiger partial charge in [-0.15, -0.1) is 0 Å². The van der Waals surface area contributed by atoms with Crippen LogP contribution in [0.15, 0.2) is 16.8 Å². The summed E-state index contributed by atoms with van der Waals surface area (Å²) in [7, 11) is 0. The van der Waals surface area contributed by atoms with E-state index in [4.69, 9.17) is 0 Å². The average molecular weight is 261 g/mol. The number of halogens is 2. The highest BCUT2D eigenvalue weighted by molar-refractivity contribution is 7.07. The van der Waals surface area contributed by atoms with Crippen LogP contribution in [-0.2, 0) is 16.0 Å². The first kappa shape index (κ1) is 12.4. The molecule has 1 N–H and O–H groups in total. The molecule has 1 fully saturated rings. The number of rotatable bonds is 5. The van der Waals surface area contributed by atoms with Crippen LogP contribution in [0.1, 0.15) is 12.0 Å². The minimum absolute atomic E-state index is 0.283. The van der Waals surface area contributed by atoms with E-state index in [9.17, 15) is 13.6 Å². The van der Waals surface area contributed by atoms with Crippen LogP contribution in [0.25, 0.3) is 0 Å². The van der Waals surface area contributed by atoms with Gasteiger partial charge < -0.3 is 10.1 Å². The minimum atomic E-state index is -3.31. The monoisotopic (exact) mass is 261 g/mol. The molecule has 1 aromatic heterocycles. The van der Waals surface area contributed by atoms with Crippen LogP contribution in [0.2, 0.25) is 0 Å². The fourth-order valence-corrected chi connectivity index (χ4v) is 2.40. The number of esters is 1. The Morgan fingerprint density at radius 2 is 2.41 bits per heavy atom. The Balaban J connectivity index is 1.65. The number of cyclic esters (lactones) is 1. The lowest BCUT2D eigenvalue weighted by molar-refractivity contribution is -0.158. The Kier molecular flexibility index (Phi) is 3.73. The summed E-state index contributed by atoms with van der Waals surface area (Å²) in [5.41, 5.74) is 1.22. The first-order valence-electron chi connectivity index (χ1n) is 5.38. The molecule has 1 aromatic rings. The fourth-order valence-electron chi connectivity index (χ4n) is 1.69. The van der Waals surface area contributed by atoms with Crippen molar-refractivity contribution in [2.75, 3.05) is 13.1 Å². The molecule has 0 aromatic carbocycles. The molecule has 2 heterocycles. The number of hydrogen-bond acceptors (Lipinski definition) is 4. The predicted octanol–water partition coefficient (Wildman–Crippen LogP) is 1.83. The third-order valence-corrected chi connectivity index (χ3v) is 3.33. The third-order valence-electron chi connectivity index (χ3n) is 2.60. The molecule has 1 saturated heterocycles. The first-order valence-corrected chi connectivity index (χ1v) is 6.33. The van der Waals surface area contributed by atoms with E-state index in [1.807, 2.05) is 16.8 Å². The largest absolute Gasteiger partial charge is 0.456 e. The molecule has 0 spiro atoms. The molecule has 3 nitrogen and oxygen atoms in total.